The summed E-state index contributed by atoms with van der Waals surface area (Å²) < 4.78 is 10.1. The zero-order valence-corrected chi connectivity index (χ0v) is 21.1. The highest BCUT2D eigenvalue weighted by Crippen LogP contribution is 2.18. The van der Waals surface area contributed by atoms with E-state index < -0.39 is 48.2 Å². The molecule has 2 aromatic carbocycles. The van der Waals surface area contributed by atoms with Crippen LogP contribution in [-0.4, -0.2) is 60.4 Å². The van der Waals surface area contributed by atoms with E-state index in [0.717, 1.165) is 0 Å². The van der Waals surface area contributed by atoms with Crippen LogP contribution in [0.3, 0.4) is 0 Å². The maximum absolute atomic E-state index is 13.0. The van der Waals surface area contributed by atoms with Crippen molar-refractivity contribution in [2.45, 2.75) is 44.9 Å². The summed E-state index contributed by atoms with van der Waals surface area (Å²) in [5.41, 5.74) is 0.324. The Morgan fingerprint density at radius 1 is 0.946 bits per heavy atom. The molecule has 0 aliphatic carbocycles. The summed E-state index contributed by atoms with van der Waals surface area (Å²) in [7, 11) is 1.52. The van der Waals surface area contributed by atoms with Gasteiger partial charge in [-0.15, -0.1) is 5.11 Å². The predicted molar refractivity (Wildman–Crippen MR) is 134 cm³/mol. The summed E-state index contributed by atoms with van der Waals surface area (Å²) in [5, 5.41) is 24.1. The van der Waals surface area contributed by atoms with Gasteiger partial charge in [-0.3, -0.25) is 4.79 Å². The van der Waals surface area contributed by atoms with Crippen LogP contribution in [0.15, 0.2) is 64.8 Å². The number of azo groups is 1. The number of nitrogens with one attached hydrogen (secondary N) is 3. The van der Waals surface area contributed by atoms with Crippen LogP contribution in [0.4, 0.5) is 15.3 Å². The monoisotopic (exact) mass is 513 g/mol. The van der Waals surface area contributed by atoms with Gasteiger partial charge in [-0.1, -0.05) is 35.4 Å². The van der Waals surface area contributed by atoms with Crippen molar-refractivity contribution in [1.29, 1.82) is 0 Å². The van der Waals surface area contributed by atoms with E-state index in [1.165, 1.54) is 7.11 Å². The minimum Gasteiger partial charge on any atom is -0.497 e. The van der Waals surface area contributed by atoms with E-state index in [1.807, 2.05) is 0 Å². The van der Waals surface area contributed by atoms with Crippen LogP contribution in [0.25, 0.3) is 0 Å². The van der Waals surface area contributed by atoms with Gasteiger partial charge in [-0.2, -0.15) is 0 Å². The first-order chi connectivity index (χ1) is 17.5. The third-order valence-electron chi connectivity index (χ3n) is 4.69. The first-order valence-corrected chi connectivity index (χ1v) is 11.4. The van der Waals surface area contributed by atoms with Crippen molar-refractivity contribution < 1.29 is 33.8 Å². The van der Waals surface area contributed by atoms with Gasteiger partial charge in [0.25, 0.3) is 0 Å². The lowest BCUT2D eigenvalue weighted by Crippen LogP contribution is -2.55. The molecular formula is C25H31N5O7. The Hall–Kier alpha value is -4.48. The minimum atomic E-state index is -1.48. The average Bonchev–Trinajstić information content (AvgIpc) is 2.84. The zero-order valence-electron chi connectivity index (χ0n) is 21.1. The third-order valence-corrected chi connectivity index (χ3v) is 4.69. The molecule has 0 spiro atoms. The number of carbonyl (C=O) groups excluding carboxylic acids is 3. The lowest BCUT2D eigenvalue weighted by molar-refractivity contribution is -0.141. The molecule has 12 nitrogen and oxygen atoms in total. The fourth-order valence-corrected chi connectivity index (χ4v) is 2.96. The van der Waals surface area contributed by atoms with E-state index in [4.69, 9.17) is 9.47 Å². The van der Waals surface area contributed by atoms with Gasteiger partial charge < -0.3 is 30.5 Å². The van der Waals surface area contributed by atoms with Crippen LogP contribution >= 0.6 is 0 Å². The van der Waals surface area contributed by atoms with E-state index in [0.29, 0.717) is 17.0 Å². The van der Waals surface area contributed by atoms with Gasteiger partial charge in [0.2, 0.25) is 5.91 Å². The number of urea groups is 1. The minimum absolute atomic E-state index is 0.0578. The third kappa shape index (κ3) is 10.8. The first kappa shape index (κ1) is 28.8. The van der Waals surface area contributed by atoms with Crippen LogP contribution < -0.4 is 20.7 Å². The molecule has 0 bridgehead atoms. The van der Waals surface area contributed by atoms with Gasteiger partial charge in [-0.25, -0.2) is 14.4 Å². The Kier molecular flexibility index (Phi) is 10.5. The van der Waals surface area contributed by atoms with Crippen molar-refractivity contribution in [3.05, 3.63) is 60.2 Å². The van der Waals surface area contributed by atoms with E-state index in [-0.39, 0.29) is 6.42 Å². The van der Waals surface area contributed by atoms with E-state index in [2.05, 4.69) is 26.2 Å². The number of aliphatic carboxylic acids is 1. The molecule has 0 heterocycles. The average molecular weight is 514 g/mol. The van der Waals surface area contributed by atoms with Crippen LogP contribution in [0.5, 0.6) is 5.75 Å². The summed E-state index contributed by atoms with van der Waals surface area (Å²) in [6.45, 7) is 4.54. The second-order valence-electron chi connectivity index (χ2n) is 8.87. The Labute approximate surface area is 214 Å². The summed E-state index contributed by atoms with van der Waals surface area (Å²) in [5.74, 6) is -1.55. The highest BCUT2D eigenvalue weighted by molar-refractivity contribution is 5.90. The maximum Gasteiger partial charge on any atom is 0.407 e. The molecule has 37 heavy (non-hydrogen) atoms. The summed E-state index contributed by atoms with van der Waals surface area (Å²) in [6, 6.07) is 11.8. The standard InChI is InChI=1S/C25H31N5O7/c1-25(2,3)37-24(35)26-15-20(22(32)33)27-21(31)19(14-16-8-6-5-7-9-16)28-23(34)30-29-17-10-12-18(36-4)13-11-17/h5-13,19-20H,14-15H2,1-4H3,(H,26,35)(H,27,31)(H,28,34)(H,32,33). The van der Waals surface area contributed by atoms with Gasteiger partial charge in [-0.05, 0) is 50.6 Å². The maximum atomic E-state index is 13.0. The van der Waals surface area contributed by atoms with Crippen molar-refractivity contribution in [1.82, 2.24) is 16.0 Å². The fraction of sp³-hybridized carbons (Fsp3) is 0.360. The predicted octanol–water partition coefficient (Wildman–Crippen LogP) is 3.19. The van der Waals surface area contributed by atoms with Gasteiger partial charge in [0.15, 0.2) is 0 Å². The number of ether oxygens (including phenoxy) is 2. The molecule has 0 aliphatic rings. The van der Waals surface area contributed by atoms with Crippen molar-refractivity contribution in [2.75, 3.05) is 13.7 Å². The Bertz CT molecular complexity index is 1100. The van der Waals surface area contributed by atoms with Gasteiger partial charge >= 0.3 is 18.1 Å². The molecule has 12 heteroatoms. The van der Waals surface area contributed by atoms with Gasteiger partial charge in [0, 0.05) is 6.42 Å². The van der Waals surface area contributed by atoms with Gasteiger partial charge in [0.05, 0.1) is 19.3 Å². The number of methoxy groups -OCH3 is 1. The molecule has 2 aromatic rings. The summed E-state index contributed by atoms with van der Waals surface area (Å²) in [6.07, 6.45) is -0.774. The van der Waals surface area contributed by atoms with Gasteiger partial charge in [0.1, 0.15) is 23.4 Å². The number of alkyl carbamates (subject to hydrolysis) is 1. The topological polar surface area (TPSA) is 168 Å². The molecule has 0 saturated heterocycles. The molecule has 0 saturated carbocycles. The van der Waals surface area contributed by atoms with Crippen LogP contribution in [0, 0.1) is 0 Å². The smallest absolute Gasteiger partial charge is 0.407 e. The number of rotatable bonds is 10. The second-order valence-corrected chi connectivity index (χ2v) is 8.87. The number of carboxylic acid groups (broad SMARTS) is 1. The normalized spacial score (nSPS) is 12.8. The van der Waals surface area contributed by atoms with Crippen molar-refractivity contribution in [2.24, 2.45) is 10.2 Å². The molecule has 4 N–H and O–H groups in total. The molecular weight excluding hydrogens is 482 g/mol. The zero-order chi connectivity index (χ0) is 27.4. The Morgan fingerprint density at radius 2 is 1.59 bits per heavy atom. The van der Waals surface area contributed by atoms with Crippen LogP contribution in [0.2, 0.25) is 0 Å². The molecule has 2 atom stereocenters. The number of carboxylic acids is 1. The Balaban J connectivity index is 2.10. The van der Waals surface area contributed by atoms with Crippen molar-refractivity contribution >= 4 is 29.7 Å². The number of hydrogen-bond acceptors (Lipinski definition) is 7. The molecule has 2 rings (SSSR count). The first-order valence-electron chi connectivity index (χ1n) is 11.4. The number of carbonyl (C=O) groups is 4. The molecule has 0 aromatic heterocycles. The van der Waals surface area contributed by atoms with Crippen LogP contribution in [-0.2, 0) is 20.7 Å². The highest BCUT2D eigenvalue weighted by Gasteiger charge is 2.28. The Morgan fingerprint density at radius 3 is 2.16 bits per heavy atom. The summed E-state index contributed by atoms with van der Waals surface area (Å²) in [4.78, 5) is 49.0. The van der Waals surface area contributed by atoms with Crippen LogP contribution in [0.1, 0.15) is 26.3 Å². The molecule has 0 fully saturated rings. The lowest BCUT2D eigenvalue weighted by atomic mass is 10.0. The van der Waals surface area contributed by atoms with E-state index in [9.17, 15) is 24.3 Å². The number of amides is 4. The molecule has 0 aliphatic heterocycles. The number of nitrogens with zero attached hydrogens (tertiary/aromatic N) is 2. The largest absolute Gasteiger partial charge is 0.497 e. The highest BCUT2D eigenvalue weighted by atomic mass is 16.6. The SMILES string of the molecule is COc1ccc(N=NC(=O)NC(Cc2ccccc2)C(=O)NC(CNC(=O)OC(C)(C)C)C(=O)O)cc1. The molecule has 4 amide bonds. The molecule has 198 valence electrons. The summed E-state index contributed by atoms with van der Waals surface area (Å²) >= 11 is 0. The van der Waals surface area contributed by atoms with Crippen molar-refractivity contribution in [3.8, 4) is 5.75 Å². The van der Waals surface area contributed by atoms with E-state index in [1.54, 1.807) is 75.4 Å². The molecule has 0 radical (unpaired) electrons. The van der Waals surface area contributed by atoms with E-state index >= 15 is 0 Å². The fourth-order valence-electron chi connectivity index (χ4n) is 2.96. The lowest BCUT2D eigenvalue weighted by Gasteiger charge is -2.23. The number of benzene rings is 2. The quantitative estimate of drug-likeness (QED) is 0.354. The molecule has 2 unspecified atom stereocenters. The second kappa shape index (κ2) is 13.6. The van der Waals surface area contributed by atoms with Crippen molar-refractivity contribution in [3.63, 3.8) is 0 Å². The number of hydrogen-bond donors (Lipinski definition) is 4.